The van der Waals surface area contributed by atoms with Crippen LogP contribution in [0.3, 0.4) is 0 Å². The molecular formula is C20H27F3N6O3. The Bertz CT molecular complexity index is 1020. The van der Waals surface area contributed by atoms with Gasteiger partial charge in [-0.15, -0.1) is 5.10 Å². The number of carbonyl (C=O) groups excluding carboxylic acids is 2. The number of aromatic nitrogens is 4. The van der Waals surface area contributed by atoms with Crippen LogP contribution in [0.5, 0.6) is 0 Å². The molecule has 32 heavy (non-hydrogen) atoms. The molecular weight excluding hydrogens is 429 g/mol. The minimum Gasteiger partial charge on any atom is -0.444 e. The normalized spacial score (nSPS) is 15.4. The molecule has 176 valence electrons. The largest absolute Gasteiger partial charge is 0.453 e. The van der Waals surface area contributed by atoms with Gasteiger partial charge in [0.25, 0.3) is 11.6 Å². The van der Waals surface area contributed by atoms with Crippen molar-refractivity contribution in [2.24, 2.45) is 0 Å². The number of halogens is 3. The summed E-state index contributed by atoms with van der Waals surface area (Å²) in [5, 5.41) is 3.53. The fourth-order valence-corrected chi connectivity index (χ4v) is 3.55. The van der Waals surface area contributed by atoms with E-state index in [0.717, 1.165) is 4.52 Å². The van der Waals surface area contributed by atoms with E-state index in [9.17, 15) is 22.8 Å². The van der Waals surface area contributed by atoms with Crippen LogP contribution in [0.25, 0.3) is 5.78 Å². The van der Waals surface area contributed by atoms with Gasteiger partial charge in [-0.1, -0.05) is 0 Å². The van der Waals surface area contributed by atoms with Crippen LogP contribution >= 0.6 is 0 Å². The maximum atomic E-state index is 12.9. The number of ether oxygens (including phenoxy) is 1. The number of hydrogen-bond donors (Lipinski definition) is 0. The lowest BCUT2D eigenvalue weighted by molar-refractivity contribution is -0.144. The molecule has 0 radical (unpaired) electrons. The van der Waals surface area contributed by atoms with Gasteiger partial charge in [0.1, 0.15) is 5.60 Å². The standard InChI is InChI=1S/C20H27F3N6O3/c1-12-14(13(2)29-17(24-12)25-16(26-29)20(21,22)23)6-7-15(30)27-8-10-28(11-9-27)18(31)32-19(3,4)5/h6-11H2,1-5H3. The molecule has 1 aliphatic heterocycles. The summed E-state index contributed by atoms with van der Waals surface area (Å²) in [5.41, 5.74) is 1.06. The summed E-state index contributed by atoms with van der Waals surface area (Å²) in [5.74, 6) is -1.47. The number of aryl methyl sites for hydroxylation is 2. The molecule has 1 aliphatic rings. The molecule has 0 saturated carbocycles. The molecule has 3 heterocycles. The van der Waals surface area contributed by atoms with E-state index < -0.39 is 23.7 Å². The van der Waals surface area contributed by atoms with E-state index in [1.54, 1.807) is 44.4 Å². The van der Waals surface area contributed by atoms with Crippen molar-refractivity contribution in [1.82, 2.24) is 29.4 Å². The van der Waals surface area contributed by atoms with Crippen LogP contribution in [0.4, 0.5) is 18.0 Å². The Morgan fingerprint density at radius 2 is 1.59 bits per heavy atom. The lowest BCUT2D eigenvalue weighted by atomic mass is 10.1. The quantitative estimate of drug-likeness (QED) is 0.705. The highest BCUT2D eigenvalue weighted by Crippen LogP contribution is 2.27. The lowest BCUT2D eigenvalue weighted by Crippen LogP contribution is -2.51. The first-order valence-corrected chi connectivity index (χ1v) is 10.3. The zero-order valence-electron chi connectivity index (χ0n) is 18.8. The Morgan fingerprint density at radius 3 is 2.16 bits per heavy atom. The number of carbonyl (C=O) groups is 2. The van der Waals surface area contributed by atoms with Crippen LogP contribution in [0, 0.1) is 13.8 Å². The average Bonchev–Trinajstić information content (AvgIpc) is 3.11. The minimum absolute atomic E-state index is 0.0951. The molecule has 1 saturated heterocycles. The minimum atomic E-state index is -4.66. The Kier molecular flexibility index (Phi) is 6.34. The molecule has 0 bridgehead atoms. The van der Waals surface area contributed by atoms with Gasteiger partial charge in [0, 0.05) is 44.0 Å². The fraction of sp³-hybridized carbons (Fsp3) is 0.650. The SMILES string of the molecule is Cc1nc2nc(C(F)(F)F)nn2c(C)c1CCC(=O)N1CCN(C(=O)OC(C)(C)C)CC1. The smallest absolute Gasteiger partial charge is 0.444 e. The van der Waals surface area contributed by atoms with E-state index >= 15 is 0 Å². The number of fused-ring (bicyclic) bond motifs is 1. The van der Waals surface area contributed by atoms with Gasteiger partial charge in [0.15, 0.2) is 0 Å². The molecule has 0 aromatic carbocycles. The molecule has 9 nitrogen and oxygen atoms in total. The molecule has 0 N–H and O–H groups in total. The number of amides is 2. The first kappa shape index (κ1) is 23.7. The molecule has 0 aliphatic carbocycles. The summed E-state index contributed by atoms with van der Waals surface area (Å²) >= 11 is 0. The van der Waals surface area contributed by atoms with Crippen molar-refractivity contribution in [3.05, 3.63) is 22.8 Å². The zero-order valence-corrected chi connectivity index (χ0v) is 18.8. The predicted octanol–water partition coefficient (Wildman–Crippen LogP) is 2.77. The van der Waals surface area contributed by atoms with Gasteiger partial charge >= 0.3 is 12.3 Å². The van der Waals surface area contributed by atoms with Gasteiger partial charge in [0.05, 0.1) is 0 Å². The van der Waals surface area contributed by atoms with Gasteiger partial charge in [-0.3, -0.25) is 4.79 Å². The van der Waals surface area contributed by atoms with E-state index in [2.05, 4.69) is 15.1 Å². The third kappa shape index (κ3) is 5.28. The van der Waals surface area contributed by atoms with Crippen molar-refractivity contribution in [1.29, 1.82) is 0 Å². The van der Waals surface area contributed by atoms with Gasteiger partial charge in [-0.05, 0) is 46.6 Å². The van der Waals surface area contributed by atoms with Crippen molar-refractivity contribution in [2.75, 3.05) is 26.2 Å². The number of rotatable bonds is 3. The highest BCUT2D eigenvalue weighted by atomic mass is 19.4. The topological polar surface area (TPSA) is 92.9 Å². The Hall–Kier alpha value is -2.92. The van der Waals surface area contributed by atoms with Gasteiger partial charge in [-0.2, -0.15) is 18.2 Å². The number of nitrogens with zero attached hydrogens (tertiary/aromatic N) is 6. The third-order valence-corrected chi connectivity index (χ3v) is 5.18. The van der Waals surface area contributed by atoms with Crippen molar-refractivity contribution in [3.8, 4) is 0 Å². The molecule has 0 spiro atoms. The zero-order chi connectivity index (χ0) is 23.8. The molecule has 12 heteroatoms. The average molecular weight is 456 g/mol. The maximum Gasteiger partial charge on any atom is 0.453 e. The van der Waals surface area contributed by atoms with Crippen molar-refractivity contribution >= 4 is 17.8 Å². The van der Waals surface area contributed by atoms with E-state index in [1.165, 1.54) is 0 Å². The van der Waals surface area contributed by atoms with E-state index in [1.807, 2.05) is 0 Å². The second-order valence-corrected chi connectivity index (χ2v) is 8.75. The van der Waals surface area contributed by atoms with Crippen LogP contribution in [0.2, 0.25) is 0 Å². The lowest BCUT2D eigenvalue weighted by Gasteiger charge is -2.35. The highest BCUT2D eigenvalue weighted by Gasteiger charge is 2.37. The van der Waals surface area contributed by atoms with E-state index in [-0.39, 0.29) is 18.1 Å². The maximum absolute atomic E-state index is 12.9. The monoisotopic (exact) mass is 456 g/mol. The van der Waals surface area contributed by atoms with E-state index in [0.29, 0.717) is 49.6 Å². The molecule has 2 aromatic rings. The van der Waals surface area contributed by atoms with Crippen LogP contribution in [0.15, 0.2) is 0 Å². The molecule has 3 rings (SSSR count). The molecule has 1 fully saturated rings. The van der Waals surface area contributed by atoms with E-state index in [4.69, 9.17) is 4.74 Å². The van der Waals surface area contributed by atoms with Gasteiger partial charge < -0.3 is 14.5 Å². The second-order valence-electron chi connectivity index (χ2n) is 8.75. The van der Waals surface area contributed by atoms with Crippen LogP contribution in [-0.4, -0.2) is 73.2 Å². The van der Waals surface area contributed by atoms with Gasteiger partial charge in [-0.25, -0.2) is 14.3 Å². The summed E-state index contributed by atoms with van der Waals surface area (Å²) in [4.78, 5) is 35.7. The highest BCUT2D eigenvalue weighted by molar-refractivity contribution is 5.77. The molecule has 2 amide bonds. The third-order valence-electron chi connectivity index (χ3n) is 5.18. The molecule has 0 unspecified atom stereocenters. The van der Waals surface area contributed by atoms with Crippen LogP contribution < -0.4 is 0 Å². The molecule has 2 aromatic heterocycles. The first-order valence-electron chi connectivity index (χ1n) is 10.3. The first-order chi connectivity index (χ1) is 14.8. The predicted molar refractivity (Wildman–Crippen MR) is 108 cm³/mol. The van der Waals surface area contributed by atoms with Gasteiger partial charge in [0.2, 0.25) is 5.91 Å². The summed E-state index contributed by atoms with van der Waals surface area (Å²) in [6.45, 7) is 10.2. The number of hydrogen-bond acceptors (Lipinski definition) is 6. The number of alkyl halides is 3. The Labute approximate surface area is 183 Å². The van der Waals surface area contributed by atoms with Crippen molar-refractivity contribution in [2.45, 2.75) is 59.2 Å². The summed E-state index contributed by atoms with van der Waals surface area (Å²) < 4.78 is 45.2. The van der Waals surface area contributed by atoms with Crippen molar-refractivity contribution in [3.63, 3.8) is 0 Å². The summed E-state index contributed by atoms with van der Waals surface area (Å²) in [6.07, 6.45) is -4.58. The summed E-state index contributed by atoms with van der Waals surface area (Å²) in [6, 6.07) is 0. The van der Waals surface area contributed by atoms with Crippen LogP contribution in [0.1, 0.15) is 50.0 Å². The fourth-order valence-electron chi connectivity index (χ4n) is 3.55. The Morgan fingerprint density at radius 1 is 1.00 bits per heavy atom. The molecule has 0 atom stereocenters. The number of piperazine rings is 1. The second kappa shape index (κ2) is 8.55. The Balaban J connectivity index is 1.62. The van der Waals surface area contributed by atoms with Crippen molar-refractivity contribution < 1.29 is 27.5 Å². The van der Waals surface area contributed by atoms with Crippen LogP contribution in [-0.2, 0) is 22.1 Å². The summed E-state index contributed by atoms with van der Waals surface area (Å²) in [7, 11) is 0.